The summed E-state index contributed by atoms with van der Waals surface area (Å²) in [5, 5.41) is 8.82. The van der Waals surface area contributed by atoms with Crippen LogP contribution >= 0.6 is 0 Å². The average Bonchev–Trinajstić information content (AvgIpc) is 2.16. The zero-order chi connectivity index (χ0) is 12.1. The van der Waals surface area contributed by atoms with Crippen LogP contribution < -0.4 is 4.74 Å². The fourth-order valence-corrected chi connectivity index (χ4v) is 1.78. The molecule has 2 nitrogen and oxygen atoms in total. The van der Waals surface area contributed by atoms with Gasteiger partial charge in [-0.05, 0) is 49.9 Å². The van der Waals surface area contributed by atoms with E-state index in [1.54, 1.807) is 0 Å². The molecule has 2 heteroatoms. The maximum absolute atomic E-state index is 8.82. The van der Waals surface area contributed by atoms with E-state index in [2.05, 4.69) is 26.8 Å². The largest absolute Gasteiger partial charge is 0.491 e. The van der Waals surface area contributed by atoms with E-state index < -0.39 is 0 Å². The second-order valence-corrected chi connectivity index (χ2v) is 4.65. The van der Waals surface area contributed by atoms with E-state index in [1.807, 2.05) is 25.1 Å². The fraction of sp³-hybridized carbons (Fsp3) is 0.500. The maximum Gasteiger partial charge on any atom is 0.120 e. The molecule has 1 rings (SSSR count). The van der Waals surface area contributed by atoms with Crippen molar-refractivity contribution in [1.82, 2.24) is 0 Å². The number of nitriles is 1. The van der Waals surface area contributed by atoms with Gasteiger partial charge < -0.3 is 4.74 Å². The molecule has 0 fully saturated rings. The predicted molar refractivity (Wildman–Crippen MR) is 65.4 cm³/mol. The quantitative estimate of drug-likeness (QED) is 0.770. The SMILES string of the molecule is Cc1cc(OC(C)CC(C)C)ccc1C#N. The molecule has 0 aliphatic heterocycles. The van der Waals surface area contributed by atoms with E-state index in [-0.39, 0.29) is 6.10 Å². The minimum atomic E-state index is 0.215. The Hall–Kier alpha value is -1.49. The van der Waals surface area contributed by atoms with Gasteiger partial charge in [-0.2, -0.15) is 5.26 Å². The minimum absolute atomic E-state index is 0.215. The molecule has 0 N–H and O–H groups in total. The zero-order valence-electron chi connectivity index (χ0n) is 10.4. The molecule has 0 saturated heterocycles. The van der Waals surface area contributed by atoms with E-state index in [0.717, 1.165) is 17.7 Å². The lowest BCUT2D eigenvalue weighted by Crippen LogP contribution is -2.14. The molecule has 0 saturated carbocycles. The highest BCUT2D eigenvalue weighted by Gasteiger charge is 2.07. The third kappa shape index (κ3) is 3.58. The van der Waals surface area contributed by atoms with Gasteiger partial charge in [0, 0.05) is 0 Å². The van der Waals surface area contributed by atoms with Gasteiger partial charge in [-0.3, -0.25) is 0 Å². The van der Waals surface area contributed by atoms with Crippen molar-refractivity contribution in [2.24, 2.45) is 5.92 Å². The van der Waals surface area contributed by atoms with Crippen LogP contribution in [0.3, 0.4) is 0 Å². The Kier molecular flexibility index (Phi) is 4.37. The molecule has 1 unspecified atom stereocenters. The van der Waals surface area contributed by atoms with Crippen LogP contribution in [0.5, 0.6) is 5.75 Å². The van der Waals surface area contributed by atoms with Crippen LogP contribution in [0.1, 0.15) is 38.3 Å². The average molecular weight is 217 g/mol. The molecule has 0 bridgehead atoms. The third-order valence-corrected chi connectivity index (χ3v) is 2.46. The lowest BCUT2D eigenvalue weighted by Gasteiger charge is -2.17. The first-order valence-corrected chi connectivity index (χ1v) is 5.70. The highest BCUT2D eigenvalue weighted by molar-refractivity contribution is 5.41. The van der Waals surface area contributed by atoms with Crippen LogP contribution in [0.25, 0.3) is 0 Å². The lowest BCUT2D eigenvalue weighted by atomic mass is 10.1. The Morgan fingerprint density at radius 1 is 1.31 bits per heavy atom. The van der Waals surface area contributed by atoms with E-state index >= 15 is 0 Å². The summed E-state index contributed by atoms with van der Waals surface area (Å²) in [5.41, 5.74) is 1.68. The van der Waals surface area contributed by atoms with Crippen molar-refractivity contribution in [2.45, 2.75) is 40.2 Å². The summed E-state index contributed by atoms with van der Waals surface area (Å²) in [6.07, 6.45) is 1.26. The number of nitrogens with zero attached hydrogens (tertiary/aromatic N) is 1. The standard InChI is InChI=1S/C14H19NO/c1-10(2)7-12(4)16-14-6-5-13(9-15)11(3)8-14/h5-6,8,10,12H,7H2,1-4H3. The molecule has 0 spiro atoms. The Labute approximate surface area is 97.9 Å². The molecular weight excluding hydrogens is 198 g/mol. The number of aryl methyl sites for hydroxylation is 1. The van der Waals surface area contributed by atoms with Crippen molar-refractivity contribution in [2.75, 3.05) is 0 Å². The van der Waals surface area contributed by atoms with Gasteiger partial charge in [-0.25, -0.2) is 0 Å². The predicted octanol–water partition coefficient (Wildman–Crippen LogP) is 3.68. The Bertz CT molecular complexity index is 390. The van der Waals surface area contributed by atoms with Crippen LogP contribution in [0.2, 0.25) is 0 Å². The van der Waals surface area contributed by atoms with Crippen molar-refractivity contribution in [3.05, 3.63) is 29.3 Å². The second kappa shape index (κ2) is 5.55. The van der Waals surface area contributed by atoms with Crippen molar-refractivity contribution >= 4 is 0 Å². The first-order valence-electron chi connectivity index (χ1n) is 5.70. The summed E-state index contributed by atoms with van der Waals surface area (Å²) < 4.78 is 5.80. The topological polar surface area (TPSA) is 33.0 Å². The normalized spacial score (nSPS) is 12.2. The van der Waals surface area contributed by atoms with Crippen molar-refractivity contribution in [3.63, 3.8) is 0 Å². The summed E-state index contributed by atoms with van der Waals surface area (Å²) in [4.78, 5) is 0. The molecule has 0 aliphatic carbocycles. The monoisotopic (exact) mass is 217 g/mol. The van der Waals surface area contributed by atoms with E-state index in [4.69, 9.17) is 10.00 Å². The van der Waals surface area contributed by atoms with Crippen molar-refractivity contribution in [3.8, 4) is 11.8 Å². The van der Waals surface area contributed by atoms with Crippen LogP contribution in [0.15, 0.2) is 18.2 Å². The van der Waals surface area contributed by atoms with Gasteiger partial charge >= 0.3 is 0 Å². The smallest absolute Gasteiger partial charge is 0.120 e. The minimum Gasteiger partial charge on any atom is -0.491 e. The van der Waals surface area contributed by atoms with Gasteiger partial charge in [-0.15, -0.1) is 0 Å². The molecule has 0 aromatic heterocycles. The van der Waals surface area contributed by atoms with Gasteiger partial charge in [-0.1, -0.05) is 13.8 Å². The summed E-state index contributed by atoms with van der Waals surface area (Å²) in [6.45, 7) is 8.37. The number of benzene rings is 1. The third-order valence-electron chi connectivity index (χ3n) is 2.46. The molecular formula is C14H19NO. The molecule has 86 valence electrons. The number of hydrogen-bond acceptors (Lipinski definition) is 2. The second-order valence-electron chi connectivity index (χ2n) is 4.65. The molecule has 0 heterocycles. The number of rotatable bonds is 4. The summed E-state index contributed by atoms with van der Waals surface area (Å²) in [6, 6.07) is 7.75. The number of ether oxygens (including phenoxy) is 1. The van der Waals surface area contributed by atoms with Crippen molar-refractivity contribution in [1.29, 1.82) is 5.26 Å². The van der Waals surface area contributed by atoms with Crippen LogP contribution in [-0.4, -0.2) is 6.10 Å². The van der Waals surface area contributed by atoms with Gasteiger partial charge in [0.15, 0.2) is 0 Å². The summed E-state index contributed by atoms with van der Waals surface area (Å²) in [7, 11) is 0. The number of hydrogen-bond donors (Lipinski definition) is 0. The Morgan fingerprint density at radius 3 is 2.50 bits per heavy atom. The molecule has 1 atom stereocenters. The van der Waals surface area contributed by atoms with E-state index in [1.165, 1.54) is 0 Å². The lowest BCUT2D eigenvalue weighted by molar-refractivity contribution is 0.193. The molecule has 16 heavy (non-hydrogen) atoms. The van der Waals surface area contributed by atoms with Gasteiger partial charge in [0.1, 0.15) is 5.75 Å². The zero-order valence-corrected chi connectivity index (χ0v) is 10.4. The van der Waals surface area contributed by atoms with Crippen LogP contribution in [0, 0.1) is 24.2 Å². The molecule has 0 radical (unpaired) electrons. The maximum atomic E-state index is 8.82. The van der Waals surface area contributed by atoms with Crippen LogP contribution in [0.4, 0.5) is 0 Å². The Morgan fingerprint density at radius 2 is 2.00 bits per heavy atom. The molecule has 0 aliphatic rings. The highest BCUT2D eigenvalue weighted by atomic mass is 16.5. The van der Waals surface area contributed by atoms with Crippen LogP contribution in [-0.2, 0) is 0 Å². The van der Waals surface area contributed by atoms with E-state index in [9.17, 15) is 0 Å². The summed E-state index contributed by atoms with van der Waals surface area (Å²) >= 11 is 0. The molecule has 1 aromatic rings. The first kappa shape index (κ1) is 12.6. The highest BCUT2D eigenvalue weighted by Crippen LogP contribution is 2.19. The van der Waals surface area contributed by atoms with Gasteiger partial charge in [0.2, 0.25) is 0 Å². The van der Waals surface area contributed by atoms with Crippen molar-refractivity contribution < 1.29 is 4.74 Å². The Balaban J connectivity index is 2.69. The first-order chi connectivity index (χ1) is 7.52. The molecule has 0 amide bonds. The summed E-state index contributed by atoms with van der Waals surface area (Å²) in [5.74, 6) is 1.49. The van der Waals surface area contributed by atoms with E-state index in [0.29, 0.717) is 11.5 Å². The van der Waals surface area contributed by atoms with Gasteiger partial charge in [0.05, 0.1) is 17.7 Å². The fourth-order valence-electron chi connectivity index (χ4n) is 1.78. The molecule has 1 aromatic carbocycles. The van der Waals surface area contributed by atoms with Gasteiger partial charge in [0.25, 0.3) is 0 Å².